The molecule has 0 atom stereocenters. The number of hydrogen-bond acceptors (Lipinski definition) is 4. The van der Waals surface area contributed by atoms with Gasteiger partial charge in [-0.25, -0.2) is 4.98 Å². The second-order valence-electron chi connectivity index (χ2n) is 2.74. The predicted octanol–water partition coefficient (Wildman–Crippen LogP) is 2.52. The van der Waals surface area contributed by atoms with Crippen LogP contribution in [0.1, 0.15) is 0 Å². The summed E-state index contributed by atoms with van der Waals surface area (Å²) in [5, 5.41) is 10.2. The van der Waals surface area contributed by atoms with Crippen molar-refractivity contribution in [2.45, 2.75) is 0 Å². The predicted molar refractivity (Wildman–Crippen MR) is 55.8 cm³/mol. The lowest BCUT2D eigenvalue weighted by atomic mass is 10.2. The third-order valence-electron chi connectivity index (χ3n) is 1.81. The molecule has 0 saturated carbocycles. The lowest BCUT2D eigenvalue weighted by molar-refractivity contribution is 0.415. The number of nitrogens with zero attached hydrogens (tertiary/aromatic N) is 1. The Hall–Kier alpha value is -1.55. The van der Waals surface area contributed by atoms with Gasteiger partial charge in [0.1, 0.15) is 10.8 Å². The van der Waals surface area contributed by atoms with Gasteiger partial charge in [-0.1, -0.05) is 23.5 Å². The molecule has 1 N–H and O–H groups in total. The van der Waals surface area contributed by atoms with Gasteiger partial charge in [0.15, 0.2) is 5.06 Å². The number of hydrogen-bond donors (Lipinski definition) is 1. The number of aromatic hydroxyl groups is 1. The summed E-state index contributed by atoms with van der Waals surface area (Å²) in [4.78, 5) is 4.07. The molecule has 72 valence electrons. The molecule has 0 bridgehead atoms. The summed E-state index contributed by atoms with van der Waals surface area (Å²) in [7, 11) is 1.62. The molecule has 4 heteroatoms. The van der Waals surface area contributed by atoms with E-state index < -0.39 is 0 Å². The number of rotatable bonds is 2. The van der Waals surface area contributed by atoms with Crippen LogP contribution in [-0.2, 0) is 0 Å². The quantitative estimate of drug-likeness (QED) is 0.822. The highest BCUT2D eigenvalue weighted by molar-refractivity contribution is 7.16. The summed E-state index contributed by atoms with van der Waals surface area (Å²) in [6.45, 7) is 0. The van der Waals surface area contributed by atoms with Gasteiger partial charge < -0.3 is 9.84 Å². The van der Waals surface area contributed by atoms with Crippen molar-refractivity contribution in [2.24, 2.45) is 0 Å². The first-order chi connectivity index (χ1) is 6.79. The van der Waals surface area contributed by atoms with Crippen molar-refractivity contribution in [3.05, 3.63) is 30.5 Å². The van der Waals surface area contributed by atoms with Crippen LogP contribution in [0.4, 0.5) is 0 Å². The maximum absolute atomic E-state index is 9.17. The summed E-state index contributed by atoms with van der Waals surface area (Å²) in [6, 6.07) is 7.59. The Morgan fingerprint density at radius 3 is 2.93 bits per heavy atom. The van der Waals surface area contributed by atoms with Crippen LogP contribution in [0.15, 0.2) is 30.5 Å². The van der Waals surface area contributed by atoms with Crippen LogP contribution in [0.25, 0.3) is 10.6 Å². The Labute approximate surface area is 85.6 Å². The van der Waals surface area contributed by atoms with Crippen LogP contribution < -0.4 is 4.74 Å². The molecular formula is C10H9NO2S. The van der Waals surface area contributed by atoms with Crippen molar-refractivity contribution >= 4 is 11.3 Å². The molecule has 14 heavy (non-hydrogen) atoms. The molecule has 0 unspecified atom stereocenters. The molecule has 1 aromatic heterocycles. The summed E-state index contributed by atoms with van der Waals surface area (Å²) < 4.78 is 5.10. The first-order valence-electron chi connectivity index (χ1n) is 4.09. The van der Waals surface area contributed by atoms with E-state index in [-0.39, 0.29) is 5.06 Å². The van der Waals surface area contributed by atoms with Gasteiger partial charge in [0.2, 0.25) is 0 Å². The third-order valence-corrected chi connectivity index (χ3v) is 2.66. The van der Waals surface area contributed by atoms with E-state index in [9.17, 15) is 0 Å². The van der Waals surface area contributed by atoms with Gasteiger partial charge in [0.05, 0.1) is 13.3 Å². The number of methoxy groups -OCH3 is 1. The Balaban J connectivity index is 2.41. The summed E-state index contributed by atoms with van der Waals surface area (Å²) >= 11 is 1.25. The number of thiazole rings is 1. The second kappa shape index (κ2) is 3.67. The highest BCUT2D eigenvalue weighted by Crippen LogP contribution is 2.30. The molecule has 1 aromatic carbocycles. The highest BCUT2D eigenvalue weighted by atomic mass is 32.1. The SMILES string of the molecule is COc1cccc(-c2ncc(O)s2)c1. The van der Waals surface area contributed by atoms with Crippen molar-refractivity contribution < 1.29 is 9.84 Å². The summed E-state index contributed by atoms with van der Waals surface area (Å²) in [6.07, 6.45) is 1.44. The van der Waals surface area contributed by atoms with Gasteiger partial charge in [-0.3, -0.25) is 0 Å². The van der Waals surface area contributed by atoms with E-state index in [0.717, 1.165) is 16.3 Å². The van der Waals surface area contributed by atoms with Crippen LogP contribution >= 0.6 is 11.3 Å². The highest BCUT2D eigenvalue weighted by Gasteiger charge is 2.04. The van der Waals surface area contributed by atoms with Gasteiger partial charge in [-0.05, 0) is 12.1 Å². The number of benzene rings is 1. The summed E-state index contributed by atoms with van der Waals surface area (Å²) in [5.41, 5.74) is 0.953. The smallest absolute Gasteiger partial charge is 0.192 e. The van der Waals surface area contributed by atoms with Crippen molar-refractivity contribution in [1.29, 1.82) is 0 Å². The lowest BCUT2D eigenvalue weighted by Crippen LogP contribution is -1.82. The standard InChI is InChI=1S/C10H9NO2S/c1-13-8-4-2-3-7(5-8)10-11-6-9(12)14-10/h2-6,12H,1H3. The van der Waals surface area contributed by atoms with Crippen molar-refractivity contribution in [2.75, 3.05) is 7.11 Å². The molecular weight excluding hydrogens is 198 g/mol. The zero-order valence-electron chi connectivity index (χ0n) is 7.60. The first kappa shape index (κ1) is 9.02. The van der Waals surface area contributed by atoms with Gasteiger partial charge in [-0.2, -0.15) is 0 Å². The zero-order valence-corrected chi connectivity index (χ0v) is 8.41. The van der Waals surface area contributed by atoms with E-state index in [1.54, 1.807) is 7.11 Å². The Bertz CT molecular complexity index is 439. The molecule has 0 spiro atoms. The van der Waals surface area contributed by atoms with Crippen LogP contribution in [0.5, 0.6) is 10.8 Å². The second-order valence-corrected chi connectivity index (χ2v) is 3.74. The fourth-order valence-electron chi connectivity index (χ4n) is 1.16. The molecule has 0 aliphatic heterocycles. The average molecular weight is 207 g/mol. The molecule has 0 fully saturated rings. The number of aromatic nitrogens is 1. The fourth-order valence-corrected chi connectivity index (χ4v) is 1.81. The first-order valence-corrected chi connectivity index (χ1v) is 4.90. The maximum atomic E-state index is 9.17. The molecule has 2 aromatic rings. The van der Waals surface area contributed by atoms with Crippen LogP contribution in [0.3, 0.4) is 0 Å². The minimum Gasteiger partial charge on any atom is -0.498 e. The molecule has 0 amide bonds. The minimum absolute atomic E-state index is 0.225. The molecule has 0 saturated heterocycles. The van der Waals surface area contributed by atoms with Crippen LogP contribution in [-0.4, -0.2) is 17.2 Å². The maximum Gasteiger partial charge on any atom is 0.192 e. The average Bonchev–Trinajstić information content (AvgIpc) is 2.65. The van der Waals surface area contributed by atoms with Gasteiger partial charge >= 0.3 is 0 Å². The molecule has 0 aliphatic carbocycles. The fraction of sp³-hybridized carbons (Fsp3) is 0.100. The van der Waals surface area contributed by atoms with Gasteiger partial charge in [-0.15, -0.1) is 0 Å². The Kier molecular flexibility index (Phi) is 2.37. The molecule has 2 rings (SSSR count). The van der Waals surface area contributed by atoms with Crippen LogP contribution in [0.2, 0.25) is 0 Å². The molecule has 0 aliphatic rings. The summed E-state index contributed by atoms with van der Waals surface area (Å²) in [5.74, 6) is 0.789. The van der Waals surface area contributed by atoms with E-state index in [1.807, 2.05) is 24.3 Å². The number of ether oxygens (including phenoxy) is 1. The topological polar surface area (TPSA) is 42.4 Å². The molecule has 0 radical (unpaired) electrons. The Morgan fingerprint density at radius 2 is 2.29 bits per heavy atom. The van der Waals surface area contributed by atoms with Crippen molar-refractivity contribution in [3.63, 3.8) is 0 Å². The third kappa shape index (κ3) is 1.70. The van der Waals surface area contributed by atoms with Gasteiger partial charge in [0, 0.05) is 5.56 Å². The van der Waals surface area contributed by atoms with E-state index in [0.29, 0.717) is 0 Å². The van der Waals surface area contributed by atoms with E-state index in [4.69, 9.17) is 9.84 Å². The van der Waals surface area contributed by atoms with Crippen LogP contribution in [0, 0.1) is 0 Å². The zero-order chi connectivity index (χ0) is 9.97. The molecule has 3 nitrogen and oxygen atoms in total. The lowest BCUT2D eigenvalue weighted by Gasteiger charge is -2.00. The van der Waals surface area contributed by atoms with E-state index in [2.05, 4.69) is 4.98 Å². The Morgan fingerprint density at radius 1 is 1.43 bits per heavy atom. The normalized spacial score (nSPS) is 10.1. The minimum atomic E-state index is 0.225. The van der Waals surface area contributed by atoms with Gasteiger partial charge in [0.25, 0.3) is 0 Å². The van der Waals surface area contributed by atoms with Crippen molar-refractivity contribution in [1.82, 2.24) is 4.98 Å². The van der Waals surface area contributed by atoms with Crippen molar-refractivity contribution in [3.8, 4) is 21.4 Å². The molecule has 1 heterocycles. The monoisotopic (exact) mass is 207 g/mol. The van der Waals surface area contributed by atoms with E-state index >= 15 is 0 Å². The van der Waals surface area contributed by atoms with E-state index in [1.165, 1.54) is 17.5 Å². The largest absolute Gasteiger partial charge is 0.498 e.